The van der Waals surface area contributed by atoms with Gasteiger partial charge in [0.25, 0.3) is 0 Å². The first kappa shape index (κ1) is 24.9. The minimum atomic E-state index is -0.453. The molecule has 10 rings (SSSR count). The average molecular weight is 576 g/mol. The molecule has 0 amide bonds. The quantitative estimate of drug-likeness (QED) is 0.213. The van der Waals surface area contributed by atoms with Crippen molar-refractivity contribution >= 4 is 10.8 Å². The molecule has 0 radical (unpaired) electrons. The molecule has 0 saturated carbocycles. The summed E-state index contributed by atoms with van der Waals surface area (Å²) in [5, 5.41) is 6.20. The fourth-order valence-electron chi connectivity index (χ4n) is 8.05. The minimum absolute atomic E-state index is 0.372. The molecule has 1 aliphatic carbocycles. The van der Waals surface area contributed by atoms with Gasteiger partial charge in [-0.2, -0.15) is 0 Å². The van der Waals surface area contributed by atoms with E-state index in [2.05, 4.69) is 163 Å². The van der Waals surface area contributed by atoms with Gasteiger partial charge in [0.1, 0.15) is 11.5 Å². The number of ether oxygens (including phenoxy) is 1. The number of hydrogen-bond acceptors (Lipinski definition) is 2. The number of para-hydroxylation sites is 2. The molecule has 7 aromatic carbocycles. The maximum absolute atomic E-state index is 6.52. The Bertz CT molecular complexity index is 2260. The van der Waals surface area contributed by atoms with Crippen molar-refractivity contribution in [2.24, 2.45) is 0 Å². The smallest absolute Gasteiger partial charge is 0.132 e. The van der Waals surface area contributed by atoms with Crippen LogP contribution in [0, 0.1) is 0 Å². The van der Waals surface area contributed by atoms with E-state index in [4.69, 9.17) is 4.74 Å². The van der Waals surface area contributed by atoms with Gasteiger partial charge in [0.2, 0.25) is 0 Å². The summed E-state index contributed by atoms with van der Waals surface area (Å²) in [6, 6.07) is 58.4. The topological polar surface area (TPSA) is 31.2 Å². The van der Waals surface area contributed by atoms with Gasteiger partial charge in [0.15, 0.2) is 0 Å². The molecule has 2 atom stereocenters. The molecule has 45 heavy (non-hydrogen) atoms. The van der Waals surface area contributed by atoms with Crippen molar-refractivity contribution in [1.82, 2.24) is 5.32 Å². The zero-order chi connectivity index (χ0) is 29.5. The van der Waals surface area contributed by atoms with Crippen molar-refractivity contribution in [3.63, 3.8) is 0 Å². The Labute approximate surface area is 262 Å². The van der Waals surface area contributed by atoms with E-state index in [9.17, 15) is 0 Å². The predicted octanol–water partition coefficient (Wildman–Crippen LogP) is 10.4. The maximum atomic E-state index is 6.52. The first-order valence-electron chi connectivity index (χ1n) is 15.8. The summed E-state index contributed by atoms with van der Waals surface area (Å²) in [5.41, 5.74) is 12.3. The third kappa shape index (κ3) is 3.55. The summed E-state index contributed by atoms with van der Waals surface area (Å²) in [6.07, 6.45) is 0. The van der Waals surface area contributed by atoms with Crippen LogP contribution in [-0.4, -0.2) is 0 Å². The van der Waals surface area contributed by atoms with Gasteiger partial charge in [-0.05, 0) is 85.6 Å². The largest absolute Gasteiger partial charge is 0.457 e. The Balaban J connectivity index is 1.11. The first-order valence-corrected chi connectivity index (χ1v) is 15.8. The molecule has 1 spiro atoms. The second-order valence-electron chi connectivity index (χ2n) is 12.5. The Morgan fingerprint density at radius 1 is 0.422 bits per heavy atom. The van der Waals surface area contributed by atoms with Gasteiger partial charge in [-0.25, -0.2) is 0 Å². The highest BCUT2D eigenvalue weighted by atomic mass is 16.5. The van der Waals surface area contributed by atoms with Crippen molar-refractivity contribution in [2.45, 2.75) is 17.5 Å². The molecule has 3 aliphatic rings. The average Bonchev–Trinajstić information content (AvgIpc) is 3.86. The van der Waals surface area contributed by atoms with Crippen LogP contribution in [0.4, 0.5) is 0 Å². The lowest BCUT2D eigenvalue weighted by Gasteiger charge is -2.39. The van der Waals surface area contributed by atoms with Crippen molar-refractivity contribution in [3.05, 3.63) is 191 Å². The van der Waals surface area contributed by atoms with Gasteiger partial charge >= 0.3 is 0 Å². The lowest BCUT2D eigenvalue weighted by molar-refractivity contribution is 0.436. The van der Waals surface area contributed by atoms with Gasteiger partial charge in [0, 0.05) is 11.1 Å². The molecular weight excluding hydrogens is 546 g/mol. The SMILES string of the molecule is c1ccc(C2N[C@@H]2c2ccc3cc(-c4ccc5c(c4)C4(c6ccccc6Oc6ccccc64)c4ccccc4-5)ccc3c2)cc1. The fourth-order valence-corrected chi connectivity index (χ4v) is 8.05. The van der Waals surface area contributed by atoms with Gasteiger partial charge in [0.05, 0.1) is 17.5 Å². The van der Waals surface area contributed by atoms with Crippen LogP contribution in [-0.2, 0) is 5.41 Å². The van der Waals surface area contributed by atoms with Crippen molar-refractivity contribution in [1.29, 1.82) is 0 Å². The van der Waals surface area contributed by atoms with Crippen LogP contribution in [0.2, 0.25) is 0 Å². The molecule has 1 fully saturated rings. The normalized spacial score (nSPS) is 18.0. The summed E-state index contributed by atoms with van der Waals surface area (Å²) in [4.78, 5) is 0. The summed E-state index contributed by atoms with van der Waals surface area (Å²) in [5.74, 6) is 1.84. The molecule has 212 valence electrons. The van der Waals surface area contributed by atoms with E-state index in [-0.39, 0.29) is 0 Å². The third-order valence-electron chi connectivity index (χ3n) is 10.1. The van der Waals surface area contributed by atoms with E-state index in [1.165, 1.54) is 66.4 Å². The Morgan fingerprint density at radius 3 is 1.80 bits per heavy atom. The van der Waals surface area contributed by atoms with Crippen LogP contribution in [0.3, 0.4) is 0 Å². The van der Waals surface area contributed by atoms with E-state index >= 15 is 0 Å². The molecule has 2 nitrogen and oxygen atoms in total. The third-order valence-corrected chi connectivity index (χ3v) is 10.1. The van der Waals surface area contributed by atoms with E-state index in [0.717, 1.165) is 11.5 Å². The second-order valence-corrected chi connectivity index (χ2v) is 12.5. The van der Waals surface area contributed by atoms with Crippen LogP contribution in [0.15, 0.2) is 158 Å². The molecule has 2 heteroatoms. The van der Waals surface area contributed by atoms with Crippen LogP contribution in [0.1, 0.15) is 45.5 Å². The van der Waals surface area contributed by atoms with Crippen LogP contribution >= 0.6 is 0 Å². The molecule has 2 aliphatic heterocycles. The summed E-state index contributed by atoms with van der Waals surface area (Å²) < 4.78 is 6.52. The van der Waals surface area contributed by atoms with Crippen LogP contribution in [0.25, 0.3) is 33.0 Å². The molecule has 1 N–H and O–H groups in total. The molecule has 0 aromatic heterocycles. The molecule has 7 aromatic rings. The maximum Gasteiger partial charge on any atom is 0.132 e. The lowest BCUT2D eigenvalue weighted by atomic mass is 9.66. The number of benzene rings is 7. The van der Waals surface area contributed by atoms with Crippen molar-refractivity contribution in [3.8, 4) is 33.8 Å². The van der Waals surface area contributed by atoms with Gasteiger partial charge in [-0.1, -0.05) is 127 Å². The minimum Gasteiger partial charge on any atom is -0.457 e. The second kappa shape index (κ2) is 9.28. The molecule has 0 bridgehead atoms. The number of hydrogen-bond donors (Lipinski definition) is 1. The van der Waals surface area contributed by atoms with Crippen LogP contribution in [0.5, 0.6) is 11.5 Å². The van der Waals surface area contributed by atoms with Gasteiger partial charge in [-0.3, -0.25) is 5.32 Å². The predicted molar refractivity (Wildman–Crippen MR) is 182 cm³/mol. The lowest BCUT2D eigenvalue weighted by Crippen LogP contribution is -2.32. The summed E-state index contributed by atoms with van der Waals surface area (Å²) in [6.45, 7) is 0. The zero-order valence-corrected chi connectivity index (χ0v) is 24.6. The highest BCUT2D eigenvalue weighted by Crippen LogP contribution is 2.62. The molecule has 2 heterocycles. The molecule has 1 saturated heterocycles. The highest BCUT2D eigenvalue weighted by Gasteiger charge is 2.51. The van der Waals surface area contributed by atoms with Gasteiger partial charge in [-0.15, -0.1) is 0 Å². The van der Waals surface area contributed by atoms with E-state index in [0.29, 0.717) is 12.1 Å². The fraction of sp³-hybridized carbons (Fsp3) is 0.0698. The van der Waals surface area contributed by atoms with E-state index in [1.807, 2.05) is 0 Å². The Kier molecular flexibility index (Phi) is 5.14. The molecular formula is C43H29NO. The van der Waals surface area contributed by atoms with Crippen LogP contribution < -0.4 is 10.1 Å². The van der Waals surface area contributed by atoms with E-state index < -0.39 is 5.41 Å². The van der Waals surface area contributed by atoms with Crippen molar-refractivity contribution < 1.29 is 4.74 Å². The Morgan fingerprint density at radius 2 is 1.00 bits per heavy atom. The summed E-state index contributed by atoms with van der Waals surface area (Å²) in [7, 11) is 0. The number of fused-ring (bicyclic) bond motifs is 10. The molecule has 1 unspecified atom stereocenters. The first-order chi connectivity index (χ1) is 22.3. The monoisotopic (exact) mass is 575 g/mol. The standard InChI is InChI=1S/C43H29NO/c1-2-10-27(11-3-1)41-42(44-41)32-21-20-28-24-29(18-19-30(28)25-32)31-22-23-34-33-12-4-5-13-35(33)43(38(34)26-31)36-14-6-8-16-39(36)45-40-17-9-7-15-37(40)43/h1-26,41-42,44H/t41?,42-/m1/s1. The van der Waals surface area contributed by atoms with Crippen molar-refractivity contribution in [2.75, 3.05) is 0 Å². The van der Waals surface area contributed by atoms with E-state index in [1.54, 1.807) is 0 Å². The zero-order valence-electron chi connectivity index (χ0n) is 24.6. The number of rotatable bonds is 3. The number of nitrogens with one attached hydrogen (secondary N) is 1. The summed E-state index contributed by atoms with van der Waals surface area (Å²) >= 11 is 0. The highest BCUT2D eigenvalue weighted by molar-refractivity contribution is 5.92. The Hall–Kier alpha value is -5.44. The van der Waals surface area contributed by atoms with Gasteiger partial charge < -0.3 is 4.74 Å².